The van der Waals surface area contributed by atoms with Gasteiger partial charge in [0.15, 0.2) is 0 Å². The number of rotatable bonds is 3. The molecule has 0 spiro atoms. The molecule has 0 aromatic heterocycles. The number of piperidine rings is 1. The van der Waals surface area contributed by atoms with Crippen LogP contribution in [0.3, 0.4) is 0 Å². The molecule has 0 aliphatic carbocycles. The summed E-state index contributed by atoms with van der Waals surface area (Å²) in [6.45, 7) is 7.12. The second-order valence-electron chi connectivity index (χ2n) is 4.47. The van der Waals surface area contributed by atoms with E-state index in [9.17, 15) is 9.59 Å². The normalized spacial score (nSPS) is 16.1. The van der Waals surface area contributed by atoms with Gasteiger partial charge in [-0.1, -0.05) is 33.1 Å². The van der Waals surface area contributed by atoms with Gasteiger partial charge in [-0.2, -0.15) is 0 Å². The van der Waals surface area contributed by atoms with Crippen molar-refractivity contribution < 1.29 is 14.7 Å². The van der Waals surface area contributed by atoms with Crippen LogP contribution in [0.4, 0.5) is 0 Å². The lowest BCUT2D eigenvalue weighted by Crippen LogP contribution is -2.38. The van der Waals surface area contributed by atoms with Crippen molar-refractivity contribution in [2.24, 2.45) is 5.92 Å². The van der Waals surface area contributed by atoms with Crippen molar-refractivity contribution in [2.75, 3.05) is 13.1 Å². The predicted molar refractivity (Wildman–Crippen MR) is 67.8 cm³/mol. The summed E-state index contributed by atoms with van der Waals surface area (Å²) in [5.41, 5.74) is 0. The van der Waals surface area contributed by atoms with Crippen LogP contribution in [0.15, 0.2) is 0 Å². The molecule has 0 saturated carbocycles. The van der Waals surface area contributed by atoms with Crippen LogP contribution in [-0.2, 0) is 9.59 Å². The number of carbonyl (C=O) groups is 2. The molecule has 0 atom stereocenters. The van der Waals surface area contributed by atoms with Gasteiger partial charge in [0.25, 0.3) is 0 Å². The zero-order chi connectivity index (χ0) is 13.3. The van der Waals surface area contributed by atoms with Gasteiger partial charge < -0.3 is 10.0 Å². The number of carboxylic acid groups (broad SMARTS) is 1. The highest BCUT2D eigenvalue weighted by molar-refractivity contribution is 5.74. The monoisotopic (exact) mass is 243 g/mol. The Kier molecular flexibility index (Phi) is 8.46. The first-order chi connectivity index (χ1) is 8.02. The van der Waals surface area contributed by atoms with E-state index >= 15 is 0 Å². The number of aliphatic carboxylic acids is 1. The smallest absolute Gasteiger partial charge is 0.306 e. The largest absolute Gasteiger partial charge is 0.481 e. The molecule has 1 heterocycles. The summed E-state index contributed by atoms with van der Waals surface area (Å²) >= 11 is 0. The molecule has 1 amide bonds. The minimum absolute atomic E-state index is 0.0406. The molecule has 0 radical (unpaired) electrons. The summed E-state index contributed by atoms with van der Waals surface area (Å²) in [7, 11) is 0. The lowest BCUT2D eigenvalue weighted by Gasteiger charge is -2.28. The molecule has 0 bridgehead atoms. The first kappa shape index (κ1) is 15.9. The van der Waals surface area contributed by atoms with Crippen LogP contribution in [0, 0.1) is 5.92 Å². The van der Waals surface area contributed by atoms with Gasteiger partial charge in [0, 0.05) is 20.0 Å². The van der Waals surface area contributed by atoms with Crippen molar-refractivity contribution in [3.8, 4) is 0 Å². The Bertz CT molecular complexity index is 209. The van der Waals surface area contributed by atoms with Crippen molar-refractivity contribution in [1.82, 2.24) is 4.90 Å². The molecule has 1 N–H and O–H groups in total. The molecule has 1 aliphatic rings. The van der Waals surface area contributed by atoms with Crippen molar-refractivity contribution in [1.29, 1.82) is 0 Å². The minimum atomic E-state index is -0.738. The summed E-state index contributed by atoms with van der Waals surface area (Å²) in [6.07, 6.45) is 5.26. The molecule has 4 heteroatoms. The van der Waals surface area contributed by atoms with Crippen molar-refractivity contribution in [3.63, 3.8) is 0 Å². The van der Waals surface area contributed by atoms with Crippen LogP contribution < -0.4 is 0 Å². The Morgan fingerprint density at radius 1 is 1.18 bits per heavy atom. The highest BCUT2D eigenvalue weighted by Gasteiger charge is 2.25. The molecule has 1 fully saturated rings. The van der Waals surface area contributed by atoms with Crippen molar-refractivity contribution in [3.05, 3.63) is 0 Å². The van der Waals surface area contributed by atoms with E-state index in [0.717, 1.165) is 0 Å². The Labute approximate surface area is 104 Å². The van der Waals surface area contributed by atoms with Gasteiger partial charge in [0.1, 0.15) is 0 Å². The fraction of sp³-hybridized carbons (Fsp3) is 0.846. The van der Waals surface area contributed by atoms with Gasteiger partial charge in [0.2, 0.25) is 5.91 Å². The molecule has 1 rings (SSSR count). The van der Waals surface area contributed by atoms with Crippen LogP contribution >= 0.6 is 0 Å². The zero-order valence-corrected chi connectivity index (χ0v) is 11.2. The van der Waals surface area contributed by atoms with Crippen molar-refractivity contribution >= 4 is 11.9 Å². The number of carbonyl (C=O) groups excluding carboxylic acids is 1. The summed E-state index contributed by atoms with van der Waals surface area (Å²) < 4.78 is 0. The summed E-state index contributed by atoms with van der Waals surface area (Å²) in [6, 6.07) is 0. The Morgan fingerprint density at radius 2 is 1.65 bits per heavy atom. The quantitative estimate of drug-likeness (QED) is 0.828. The van der Waals surface area contributed by atoms with E-state index < -0.39 is 5.97 Å². The number of hydrogen-bond acceptors (Lipinski definition) is 2. The van der Waals surface area contributed by atoms with E-state index in [0.29, 0.717) is 25.9 Å². The van der Waals surface area contributed by atoms with E-state index in [2.05, 4.69) is 13.8 Å². The molecule has 0 aromatic carbocycles. The fourth-order valence-electron chi connectivity index (χ4n) is 1.79. The van der Waals surface area contributed by atoms with Crippen LogP contribution in [0.2, 0.25) is 0 Å². The molecule has 17 heavy (non-hydrogen) atoms. The minimum Gasteiger partial charge on any atom is -0.481 e. The molecule has 1 aliphatic heterocycles. The number of likely N-dealkylation sites (tertiary alicyclic amines) is 1. The summed E-state index contributed by atoms with van der Waals surface area (Å²) in [5.74, 6) is -0.947. The summed E-state index contributed by atoms with van der Waals surface area (Å²) in [4.78, 5) is 23.1. The van der Waals surface area contributed by atoms with E-state index in [1.54, 1.807) is 4.90 Å². The topological polar surface area (TPSA) is 57.6 Å². The van der Waals surface area contributed by atoms with E-state index in [-0.39, 0.29) is 11.8 Å². The average molecular weight is 243 g/mol. The van der Waals surface area contributed by atoms with Gasteiger partial charge in [-0.15, -0.1) is 0 Å². The first-order valence-electron chi connectivity index (χ1n) is 6.51. The number of nitrogens with zero attached hydrogens (tertiary/aromatic N) is 1. The lowest BCUT2D eigenvalue weighted by atomic mass is 9.97. The van der Waals surface area contributed by atoms with Gasteiger partial charge in [-0.3, -0.25) is 9.59 Å². The molecule has 0 unspecified atom stereocenters. The van der Waals surface area contributed by atoms with Crippen LogP contribution in [0.1, 0.15) is 52.9 Å². The molecular weight excluding hydrogens is 218 g/mol. The average Bonchev–Trinajstić information content (AvgIpc) is 2.31. The SMILES string of the molecule is CC(=O)N1CCC(C(=O)O)CC1.CCCCC. The highest BCUT2D eigenvalue weighted by atomic mass is 16.4. The summed E-state index contributed by atoms with van der Waals surface area (Å²) in [5, 5.41) is 8.66. The van der Waals surface area contributed by atoms with Crippen LogP contribution in [-0.4, -0.2) is 35.0 Å². The Morgan fingerprint density at radius 3 is 1.88 bits per heavy atom. The molecule has 4 nitrogen and oxygen atoms in total. The maximum absolute atomic E-state index is 10.9. The zero-order valence-electron chi connectivity index (χ0n) is 11.2. The fourth-order valence-corrected chi connectivity index (χ4v) is 1.79. The molecule has 1 saturated heterocycles. The Hall–Kier alpha value is -1.06. The second kappa shape index (κ2) is 9.02. The standard InChI is InChI=1S/C8H13NO3.C5H12/c1-6(10)9-4-2-7(3-5-9)8(11)12;1-3-5-4-2/h7H,2-5H2,1H3,(H,11,12);3-5H2,1-2H3. The third kappa shape index (κ3) is 6.97. The predicted octanol–water partition coefficient (Wildman–Crippen LogP) is 2.53. The maximum atomic E-state index is 10.9. The Balaban J connectivity index is 0.000000437. The maximum Gasteiger partial charge on any atom is 0.306 e. The third-order valence-electron chi connectivity index (χ3n) is 3.00. The first-order valence-corrected chi connectivity index (χ1v) is 6.51. The highest BCUT2D eigenvalue weighted by Crippen LogP contribution is 2.16. The van der Waals surface area contributed by atoms with Crippen molar-refractivity contribution in [2.45, 2.75) is 52.9 Å². The molecule has 100 valence electrons. The molecule has 0 aromatic rings. The third-order valence-corrected chi connectivity index (χ3v) is 3.00. The van der Waals surface area contributed by atoms with Crippen LogP contribution in [0.25, 0.3) is 0 Å². The van der Waals surface area contributed by atoms with Gasteiger partial charge in [-0.05, 0) is 12.8 Å². The van der Waals surface area contributed by atoms with E-state index in [4.69, 9.17) is 5.11 Å². The van der Waals surface area contributed by atoms with E-state index in [1.807, 2.05) is 0 Å². The van der Waals surface area contributed by atoms with E-state index in [1.165, 1.54) is 26.2 Å². The number of carboxylic acids is 1. The van der Waals surface area contributed by atoms with Crippen LogP contribution in [0.5, 0.6) is 0 Å². The number of amides is 1. The molecular formula is C13H25NO3. The van der Waals surface area contributed by atoms with Gasteiger partial charge in [0.05, 0.1) is 5.92 Å². The lowest BCUT2D eigenvalue weighted by molar-refractivity contribution is -0.145. The number of unbranched alkanes of at least 4 members (excludes halogenated alkanes) is 2. The van der Waals surface area contributed by atoms with Gasteiger partial charge in [-0.25, -0.2) is 0 Å². The number of hydrogen-bond donors (Lipinski definition) is 1. The van der Waals surface area contributed by atoms with Gasteiger partial charge >= 0.3 is 5.97 Å². The second-order valence-corrected chi connectivity index (χ2v) is 4.47.